The maximum atomic E-state index is 10.7. The number of nitro groups is 1. The van der Waals surface area contributed by atoms with E-state index in [-0.39, 0.29) is 10.7 Å². The summed E-state index contributed by atoms with van der Waals surface area (Å²) in [5.41, 5.74) is 1.81. The number of halogens is 1. The van der Waals surface area contributed by atoms with Gasteiger partial charge in [-0.25, -0.2) is 0 Å². The van der Waals surface area contributed by atoms with Crippen LogP contribution >= 0.6 is 23.4 Å². The Hall–Kier alpha value is -1.72. The molecule has 104 valence electrons. The smallest absolute Gasteiger partial charge is 0.288 e. The van der Waals surface area contributed by atoms with E-state index in [2.05, 4.69) is 17.4 Å². The van der Waals surface area contributed by atoms with E-state index in [1.807, 2.05) is 18.4 Å². The van der Waals surface area contributed by atoms with Crippen molar-refractivity contribution >= 4 is 34.7 Å². The third-order valence-electron chi connectivity index (χ3n) is 2.80. The number of anilines is 1. The summed E-state index contributed by atoms with van der Waals surface area (Å²) >= 11 is 7.56. The predicted octanol–water partition coefficient (Wildman–Crippen LogP) is 4.58. The Morgan fingerprint density at radius 1 is 1.25 bits per heavy atom. The third-order valence-corrected chi connectivity index (χ3v) is 3.85. The van der Waals surface area contributed by atoms with Crippen molar-refractivity contribution in [3.8, 4) is 0 Å². The highest BCUT2D eigenvalue weighted by atomic mass is 35.5. The number of thioether (sulfide) groups is 1. The minimum Gasteiger partial charge on any atom is -0.381 e. The molecule has 2 aromatic carbocycles. The highest BCUT2D eigenvalue weighted by Crippen LogP contribution is 2.27. The van der Waals surface area contributed by atoms with Gasteiger partial charge in [-0.1, -0.05) is 23.7 Å². The highest BCUT2D eigenvalue weighted by Gasteiger charge is 2.11. The molecule has 2 rings (SSSR count). The lowest BCUT2D eigenvalue weighted by Crippen LogP contribution is -1.99. The Bertz CT molecular complexity index is 617. The van der Waals surface area contributed by atoms with Gasteiger partial charge < -0.3 is 5.32 Å². The van der Waals surface area contributed by atoms with Gasteiger partial charge in [-0.2, -0.15) is 0 Å². The van der Waals surface area contributed by atoms with Gasteiger partial charge in [0.05, 0.1) is 4.92 Å². The number of nitrogens with zero attached hydrogens (tertiary/aromatic N) is 1. The van der Waals surface area contributed by atoms with Crippen molar-refractivity contribution < 1.29 is 4.92 Å². The first-order valence-corrected chi connectivity index (χ1v) is 7.51. The molecule has 0 saturated carbocycles. The Labute approximate surface area is 126 Å². The van der Waals surface area contributed by atoms with Crippen LogP contribution in [0.3, 0.4) is 0 Å². The number of hydrogen-bond acceptors (Lipinski definition) is 4. The van der Waals surface area contributed by atoms with E-state index in [0.29, 0.717) is 6.54 Å². The molecule has 0 aliphatic carbocycles. The van der Waals surface area contributed by atoms with Crippen molar-refractivity contribution in [2.75, 3.05) is 11.6 Å². The quantitative estimate of drug-likeness (QED) is 0.499. The summed E-state index contributed by atoms with van der Waals surface area (Å²) in [5.74, 6) is 0. The number of nitrogens with one attached hydrogen (secondary N) is 1. The van der Waals surface area contributed by atoms with Crippen molar-refractivity contribution in [3.63, 3.8) is 0 Å². The van der Waals surface area contributed by atoms with Crippen LogP contribution in [-0.4, -0.2) is 11.2 Å². The SMILES string of the molecule is CSc1ccc(CNc2ccc([N+](=O)[O-])c(Cl)c2)cc1. The Morgan fingerprint density at radius 3 is 2.50 bits per heavy atom. The van der Waals surface area contributed by atoms with Gasteiger partial charge in [-0.3, -0.25) is 10.1 Å². The fourth-order valence-electron chi connectivity index (χ4n) is 1.71. The minimum atomic E-state index is -0.493. The zero-order chi connectivity index (χ0) is 14.5. The van der Waals surface area contributed by atoms with E-state index in [0.717, 1.165) is 11.3 Å². The van der Waals surface area contributed by atoms with Crippen molar-refractivity contribution in [3.05, 3.63) is 63.2 Å². The minimum absolute atomic E-state index is 0.0819. The van der Waals surface area contributed by atoms with Gasteiger partial charge >= 0.3 is 0 Å². The van der Waals surface area contributed by atoms with Gasteiger partial charge in [-0.05, 0) is 36.1 Å². The summed E-state index contributed by atoms with van der Waals surface area (Å²) in [6.07, 6.45) is 2.03. The number of nitro benzene ring substituents is 1. The molecule has 2 aromatic rings. The molecule has 0 fully saturated rings. The van der Waals surface area contributed by atoms with E-state index >= 15 is 0 Å². The van der Waals surface area contributed by atoms with Crippen LogP contribution < -0.4 is 5.32 Å². The summed E-state index contributed by atoms with van der Waals surface area (Å²) in [5, 5.41) is 14.0. The van der Waals surface area contributed by atoms with Gasteiger partial charge in [0.2, 0.25) is 0 Å². The number of rotatable bonds is 5. The molecule has 4 nitrogen and oxygen atoms in total. The third kappa shape index (κ3) is 3.65. The maximum Gasteiger partial charge on any atom is 0.288 e. The second-order valence-corrected chi connectivity index (χ2v) is 5.41. The molecule has 0 spiro atoms. The predicted molar refractivity (Wildman–Crippen MR) is 83.7 cm³/mol. The zero-order valence-corrected chi connectivity index (χ0v) is 12.4. The molecule has 0 aromatic heterocycles. The average Bonchev–Trinajstić information content (AvgIpc) is 2.45. The molecular weight excluding hydrogens is 296 g/mol. The molecule has 0 aliphatic heterocycles. The summed E-state index contributed by atoms with van der Waals surface area (Å²) in [6, 6.07) is 12.8. The van der Waals surface area contributed by atoms with E-state index in [9.17, 15) is 10.1 Å². The standard InChI is InChI=1S/C14H13ClN2O2S/c1-20-12-5-2-10(3-6-12)9-16-11-4-7-14(17(18)19)13(15)8-11/h2-8,16H,9H2,1H3. The molecule has 0 amide bonds. The molecule has 6 heteroatoms. The first kappa shape index (κ1) is 14.7. The monoisotopic (exact) mass is 308 g/mol. The Balaban J connectivity index is 2.03. The Morgan fingerprint density at radius 2 is 1.95 bits per heavy atom. The number of benzene rings is 2. The summed E-state index contributed by atoms with van der Waals surface area (Å²) in [4.78, 5) is 11.4. The molecule has 20 heavy (non-hydrogen) atoms. The first-order valence-electron chi connectivity index (χ1n) is 5.91. The molecule has 0 aliphatic rings. The first-order chi connectivity index (χ1) is 9.60. The zero-order valence-electron chi connectivity index (χ0n) is 10.8. The van der Waals surface area contributed by atoms with Crippen LogP contribution in [0.4, 0.5) is 11.4 Å². The lowest BCUT2D eigenvalue weighted by molar-refractivity contribution is -0.384. The van der Waals surface area contributed by atoms with Crippen LogP contribution in [0.5, 0.6) is 0 Å². The van der Waals surface area contributed by atoms with Gasteiger partial charge in [0.15, 0.2) is 0 Å². The summed E-state index contributed by atoms with van der Waals surface area (Å²) in [6.45, 7) is 0.642. The number of hydrogen-bond donors (Lipinski definition) is 1. The maximum absolute atomic E-state index is 10.7. The summed E-state index contributed by atoms with van der Waals surface area (Å²) in [7, 11) is 0. The largest absolute Gasteiger partial charge is 0.381 e. The van der Waals surface area contributed by atoms with E-state index < -0.39 is 4.92 Å². The second kappa shape index (κ2) is 6.63. The van der Waals surface area contributed by atoms with Crippen molar-refractivity contribution in [1.82, 2.24) is 0 Å². The fourth-order valence-corrected chi connectivity index (χ4v) is 2.37. The van der Waals surface area contributed by atoms with E-state index in [1.165, 1.54) is 11.0 Å². The van der Waals surface area contributed by atoms with Gasteiger partial charge in [0, 0.05) is 23.2 Å². The van der Waals surface area contributed by atoms with Gasteiger partial charge in [0.1, 0.15) is 5.02 Å². The van der Waals surface area contributed by atoms with E-state index in [1.54, 1.807) is 23.9 Å². The molecule has 1 N–H and O–H groups in total. The highest BCUT2D eigenvalue weighted by molar-refractivity contribution is 7.98. The van der Waals surface area contributed by atoms with Crippen molar-refractivity contribution in [1.29, 1.82) is 0 Å². The molecule has 0 bridgehead atoms. The van der Waals surface area contributed by atoms with Crippen molar-refractivity contribution in [2.24, 2.45) is 0 Å². The Kier molecular flexibility index (Phi) is 4.87. The molecule has 0 heterocycles. The molecule has 0 radical (unpaired) electrons. The second-order valence-electron chi connectivity index (χ2n) is 4.12. The summed E-state index contributed by atoms with van der Waals surface area (Å²) < 4.78 is 0. The van der Waals surface area contributed by atoms with Gasteiger partial charge in [0.25, 0.3) is 5.69 Å². The molecule has 0 saturated heterocycles. The van der Waals surface area contributed by atoms with Crippen LogP contribution in [0.1, 0.15) is 5.56 Å². The molecular formula is C14H13ClN2O2S. The van der Waals surface area contributed by atoms with Crippen LogP contribution in [-0.2, 0) is 6.54 Å². The average molecular weight is 309 g/mol. The normalized spacial score (nSPS) is 10.3. The van der Waals surface area contributed by atoms with Crippen molar-refractivity contribution in [2.45, 2.75) is 11.4 Å². The van der Waals surface area contributed by atoms with E-state index in [4.69, 9.17) is 11.6 Å². The lowest BCUT2D eigenvalue weighted by Gasteiger charge is -2.07. The van der Waals surface area contributed by atoms with Crippen LogP contribution in [0.15, 0.2) is 47.4 Å². The molecule has 0 atom stereocenters. The van der Waals surface area contributed by atoms with Crippen LogP contribution in [0, 0.1) is 10.1 Å². The molecule has 0 unspecified atom stereocenters. The van der Waals surface area contributed by atoms with Crippen LogP contribution in [0.25, 0.3) is 0 Å². The van der Waals surface area contributed by atoms with Crippen LogP contribution in [0.2, 0.25) is 5.02 Å². The van der Waals surface area contributed by atoms with Gasteiger partial charge in [-0.15, -0.1) is 11.8 Å². The fraction of sp³-hybridized carbons (Fsp3) is 0.143. The topological polar surface area (TPSA) is 55.2 Å². The lowest BCUT2D eigenvalue weighted by atomic mass is 10.2.